The molecule has 0 radical (unpaired) electrons. The highest BCUT2D eigenvalue weighted by Gasteiger charge is 2.51. The molecule has 2 atom stereocenters. The number of fused-ring (bicyclic) bond motifs is 2. The summed E-state index contributed by atoms with van der Waals surface area (Å²) in [5.41, 5.74) is -1.34. The third-order valence-corrected chi connectivity index (χ3v) is 5.37. The summed E-state index contributed by atoms with van der Waals surface area (Å²) in [5, 5.41) is 11.0. The fraction of sp³-hybridized carbons (Fsp3) is 0.368. The maximum Gasteiger partial charge on any atom is 0.254 e. The van der Waals surface area contributed by atoms with Crippen molar-refractivity contribution in [3.63, 3.8) is 0 Å². The second-order valence-corrected chi connectivity index (χ2v) is 7.04. The first-order chi connectivity index (χ1) is 12.4. The molecule has 0 spiro atoms. The van der Waals surface area contributed by atoms with Crippen LogP contribution in [0.2, 0.25) is 0 Å². The number of carbonyl (C=O) groups excluding carboxylic acids is 1. The molecule has 3 heterocycles. The first-order valence-electron chi connectivity index (χ1n) is 8.49. The van der Waals surface area contributed by atoms with E-state index in [2.05, 4.69) is 4.98 Å². The largest absolute Gasteiger partial charge is 0.385 e. The minimum Gasteiger partial charge on any atom is -0.385 e. The molecule has 1 N–H and O–H groups in total. The standard InChI is InChI=1S/C19H17F3N2O2/c20-12-6-11(7-13(21)8-12)18(25)24-14-3-4-15(24)10-19(26,9-14)16-2-1-5-23-17(16)22/h1-2,5-8,14-15,26H,3-4,9-10H2/t14-,15-/m1/s1. The van der Waals surface area contributed by atoms with Crippen LogP contribution in [0.15, 0.2) is 36.5 Å². The number of hydrogen-bond donors (Lipinski definition) is 1. The van der Waals surface area contributed by atoms with Crippen LogP contribution in [0.3, 0.4) is 0 Å². The highest BCUT2D eigenvalue weighted by atomic mass is 19.1. The monoisotopic (exact) mass is 362 g/mol. The summed E-state index contributed by atoms with van der Waals surface area (Å²) in [4.78, 5) is 18.0. The third kappa shape index (κ3) is 2.76. The summed E-state index contributed by atoms with van der Waals surface area (Å²) in [6.07, 6.45) is 2.94. The van der Waals surface area contributed by atoms with Gasteiger partial charge in [-0.2, -0.15) is 4.39 Å². The van der Waals surface area contributed by atoms with Gasteiger partial charge in [0.1, 0.15) is 11.6 Å². The Bertz CT molecular complexity index is 839. The van der Waals surface area contributed by atoms with Gasteiger partial charge in [-0.25, -0.2) is 13.8 Å². The van der Waals surface area contributed by atoms with Crippen molar-refractivity contribution in [1.82, 2.24) is 9.88 Å². The molecular formula is C19H17F3N2O2. The number of carbonyl (C=O) groups is 1. The van der Waals surface area contributed by atoms with Crippen molar-refractivity contribution in [1.29, 1.82) is 0 Å². The minimum atomic E-state index is -1.41. The Kier molecular flexibility index (Phi) is 3.99. The Hall–Kier alpha value is -2.41. The molecule has 26 heavy (non-hydrogen) atoms. The van der Waals surface area contributed by atoms with E-state index in [4.69, 9.17) is 0 Å². The van der Waals surface area contributed by atoms with E-state index in [1.165, 1.54) is 12.3 Å². The van der Waals surface area contributed by atoms with E-state index >= 15 is 0 Å². The van der Waals surface area contributed by atoms with Crippen LogP contribution in [0.1, 0.15) is 41.6 Å². The zero-order valence-electron chi connectivity index (χ0n) is 13.8. The van der Waals surface area contributed by atoms with Crippen molar-refractivity contribution in [3.8, 4) is 0 Å². The predicted molar refractivity (Wildman–Crippen MR) is 86.7 cm³/mol. The van der Waals surface area contributed by atoms with Gasteiger partial charge in [0.15, 0.2) is 0 Å². The molecular weight excluding hydrogens is 345 g/mol. The molecule has 2 fully saturated rings. The highest BCUT2D eigenvalue weighted by Crippen LogP contribution is 2.46. The van der Waals surface area contributed by atoms with Crippen LogP contribution in [0.25, 0.3) is 0 Å². The van der Waals surface area contributed by atoms with Crippen molar-refractivity contribution >= 4 is 5.91 Å². The maximum absolute atomic E-state index is 14.1. The summed E-state index contributed by atoms with van der Waals surface area (Å²) < 4.78 is 41.0. The average molecular weight is 362 g/mol. The molecule has 2 aromatic rings. The number of rotatable bonds is 2. The highest BCUT2D eigenvalue weighted by molar-refractivity contribution is 5.95. The minimum absolute atomic E-state index is 0.0580. The number of hydrogen-bond acceptors (Lipinski definition) is 3. The van der Waals surface area contributed by atoms with Crippen LogP contribution in [0.4, 0.5) is 13.2 Å². The average Bonchev–Trinajstić information content (AvgIpc) is 2.86. The van der Waals surface area contributed by atoms with Gasteiger partial charge in [-0.05, 0) is 31.0 Å². The second-order valence-electron chi connectivity index (χ2n) is 7.04. The van der Waals surface area contributed by atoms with Gasteiger partial charge in [0.2, 0.25) is 5.95 Å². The first-order valence-corrected chi connectivity index (χ1v) is 8.49. The lowest BCUT2D eigenvalue weighted by molar-refractivity contribution is -0.0504. The molecule has 1 amide bonds. The zero-order valence-corrected chi connectivity index (χ0v) is 13.8. The molecule has 0 saturated carbocycles. The molecule has 1 aromatic heterocycles. The van der Waals surface area contributed by atoms with Crippen molar-refractivity contribution in [2.75, 3.05) is 0 Å². The number of benzene rings is 1. The molecule has 2 saturated heterocycles. The number of piperidine rings is 1. The van der Waals surface area contributed by atoms with Gasteiger partial charge >= 0.3 is 0 Å². The SMILES string of the molecule is O=C(c1cc(F)cc(F)c1)N1[C@@H]2CC[C@@H]1CC(O)(c1cccnc1F)C2. The van der Waals surface area contributed by atoms with E-state index in [9.17, 15) is 23.1 Å². The van der Waals surface area contributed by atoms with Crippen LogP contribution in [0.5, 0.6) is 0 Å². The molecule has 4 rings (SSSR count). The molecule has 2 bridgehead atoms. The number of nitrogens with zero attached hydrogens (tertiary/aromatic N) is 2. The fourth-order valence-corrected chi connectivity index (χ4v) is 4.34. The smallest absolute Gasteiger partial charge is 0.254 e. The Morgan fingerprint density at radius 3 is 2.31 bits per heavy atom. The second kappa shape index (κ2) is 6.09. The summed E-state index contributed by atoms with van der Waals surface area (Å²) in [5.74, 6) is -2.82. The topological polar surface area (TPSA) is 53.4 Å². The lowest BCUT2D eigenvalue weighted by Gasteiger charge is -2.44. The number of amides is 1. The maximum atomic E-state index is 14.1. The van der Waals surface area contributed by atoms with Crippen LogP contribution in [-0.4, -0.2) is 33.0 Å². The zero-order chi connectivity index (χ0) is 18.5. The van der Waals surface area contributed by atoms with Crippen molar-refractivity contribution in [2.24, 2.45) is 0 Å². The van der Waals surface area contributed by atoms with E-state index in [0.717, 1.165) is 12.1 Å². The number of aromatic nitrogens is 1. The van der Waals surface area contributed by atoms with E-state index in [0.29, 0.717) is 18.9 Å². The van der Waals surface area contributed by atoms with Crippen LogP contribution in [0, 0.1) is 17.6 Å². The fourth-order valence-electron chi connectivity index (χ4n) is 4.34. The quantitative estimate of drug-likeness (QED) is 0.835. The lowest BCUT2D eigenvalue weighted by Crippen LogP contribution is -2.52. The van der Waals surface area contributed by atoms with Gasteiger partial charge in [-0.1, -0.05) is 6.07 Å². The van der Waals surface area contributed by atoms with Gasteiger partial charge in [0, 0.05) is 48.3 Å². The summed E-state index contributed by atoms with van der Waals surface area (Å²) in [7, 11) is 0. The normalized spacial score (nSPS) is 27.6. The van der Waals surface area contributed by atoms with Gasteiger partial charge in [0.05, 0.1) is 5.60 Å². The molecule has 136 valence electrons. The predicted octanol–water partition coefficient (Wildman–Crippen LogP) is 3.15. The molecule has 7 heteroatoms. The Morgan fingerprint density at radius 2 is 1.73 bits per heavy atom. The van der Waals surface area contributed by atoms with E-state index in [-0.39, 0.29) is 36.1 Å². The molecule has 4 nitrogen and oxygen atoms in total. The Morgan fingerprint density at radius 1 is 1.12 bits per heavy atom. The first kappa shape index (κ1) is 17.0. The summed E-state index contributed by atoms with van der Waals surface area (Å²) >= 11 is 0. The number of halogens is 3. The molecule has 2 aliphatic rings. The molecule has 0 unspecified atom stereocenters. The molecule has 1 aromatic carbocycles. The molecule has 0 aliphatic carbocycles. The lowest BCUT2D eigenvalue weighted by atomic mass is 9.80. The Balaban J connectivity index is 1.63. The van der Waals surface area contributed by atoms with Crippen LogP contribution < -0.4 is 0 Å². The number of pyridine rings is 1. The van der Waals surface area contributed by atoms with Crippen LogP contribution >= 0.6 is 0 Å². The van der Waals surface area contributed by atoms with E-state index in [1.54, 1.807) is 11.0 Å². The van der Waals surface area contributed by atoms with Gasteiger partial charge in [0.25, 0.3) is 5.91 Å². The van der Waals surface area contributed by atoms with Gasteiger partial charge < -0.3 is 10.0 Å². The van der Waals surface area contributed by atoms with Gasteiger partial charge in [-0.15, -0.1) is 0 Å². The van der Waals surface area contributed by atoms with Crippen molar-refractivity contribution in [3.05, 3.63) is 65.2 Å². The summed E-state index contributed by atoms with van der Waals surface area (Å²) in [6, 6.07) is 5.14. The third-order valence-electron chi connectivity index (χ3n) is 5.37. The van der Waals surface area contributed by atoms with Crippen molar-refractivity contribution < 1.29 is 23.1 Å². The molecule has 2 aliphatic heterocycles. The van der Waals surface area contributed by atoms with Crippen LogP contribution in [-0.2, 0) is 5.60 Å². The van der Waals surface area contributed by atoms with E-state index < -0.39 is 29.1 Å². The number of aliphatic hydroxyl groups is 1. The Labute approximate surface area is 148 Å². The van der Waals surface area contributed by atoms with Gasteiger partial charge in [-0.3, -0.25) is 4.79 Å². The van der Waals surface area contributed by atoms with E-state index in [1.807, 2.05) is 0 Å². The van der Waals surface area contributed by atoms with Crippen molar-refractivity contribution in [2.45, 2.75) is 43.4 Å². The summed E-state index contributed by atoms with van der Waals surface area (Å²) in [6.45, 7) is 0.